The summed E-state index contributed by atoms with van der Waals surface area (Å²) < 4.78 is 6.87. The Morgan fingerprint density at radius 1 is 1.50 bits per heavy atom. The van der Waals surface area contributed by atoms with Crippen LogP contribution in [0.25, 0.3) is 6.20 Å². The van der Waals surface area contributed by atoms with E-state index in [0.29, 0.717) is 12.5 Å². The van der Waals surface area contributed by atoms with Crippen molar-refractivity contribution in [3.05, 3.63) is 23.5 Å². The van der Waals surface area contributed by atoms with Crippen LogP contribution < -0.4 is 0 Å². The third-order valence-corrected chi connectivity index (χ3v) is 3.51. The first-order chi connectivity index (χ1) is 10.3. The van der Waals surface area contributed by atoms with Gasteiger partial charge in [0.2, 0.25) is 0 Å². The number of rotatable bonds is 9. The lowest BCUT2D eigenvalue weighted by Crippen LogP contribution is -2.15. The van der Waals surface area contributed by atoms with Crippen molar-refractivity contribution in [3.63, 3.8) is 0 Å². The lowest BCUT2D eigenvalue weighted by atomic mass is 9.95. The van der Waals surface area contributed by atoms with Gasteiger partial charge in [-0.2, -0.15) is 5.10 Å². The summed E-state index contributed by atoms with van der Waals surface area (Å²) in [5.41, 5.74) is 0.926. The third-order valence-electron chi connectivity index (χ3n) is 3.51. The first kappa shape index (κ1) is 18.4. The Bertz CT molecular complexity index is 516. The molecule has 0 saturated carbocycles. The highest BCUT2D eigenvalue weighted by molar-refractivity contribution is 5.88. The second-order valence-electron chi connectivity index (χ2n) is 6.78. The van der Waals surface area contributed by atoms with Gasteiger partial charge in [0, 0.05) is 18.7 Å². The summed E-state index contributed by atoms with van der Waals surface area (Å²) in [6.45, 7) is 9.06. The summed E-state index contributed by atoms with van der Waals surface area (Å²) in [5, 5.41) is 13.5. The second kappa shape index (κ2) is 8.13. The molecule has 0 fully saturated rings. The van der Waals surface area contributed by atoms with E-state index < -0.39 is 5.97 Å². The SMILES string of the molecule is COCC(C)(C)/C=C/n1ncc(C(=O)O)c1CCCC(C)C. The molecule has 0 aliphatic rings. The number of carboxylic acids is 1. The molecule has 0 saturated heterocycles. The second-order valence-corrected chi connectivity index (χ2v) is 6.78. The van der Waals surface area contributed by atoms with E-state index in [2.05, 4.69) is 32.8 Å². The van der Waals surface area contributed by atoms with Gasteiger partial charge >= 0.3 is 5.97 Å². The maximum absolute atomic E-state index is 11.3. The molecule has 0 bridgehead atoms. The van der Waals surface area contributed by atoms with Gasteiger partial charge in [-0.05, 0) is 18.8 Å². The van der Waals surface area contributed by atoms with Crippen LogP contribution >= 0.6 is 0 Å². The molecule has 0 unspecified atom stereocenters. The standard InChI is InChI=1S/C17H28N2O3/c1-13(2)7-6-8-15-14(16(20)21)11-18-19(15)10-9-17(3,4)12-22-5/h9-11,13H,6-8,12H2,1-5H3,(H,20,21)/b10-9+. The molecule has 5 nitrogen and oxygen atoms in total. The Kier molecular flexibility index (Phi) is 6.81. The lowest BCUT2D eigenvalue weighted by Gasteiger charge is -2.18. The number of nitrogens with zero attached hydrogens (tertiary/aromatic N) is 2. The largest absolute Gasteiger partial charge is 0.478 e. The monoisotopic (exact) mass is 308 g/mol. The van der Waals surface area contributed by atoms with Crippen molar-refractivity contribution in [1.29, 1.82) is 0 Å². The summed E-state index contributed by atoms with van der Waals surface area (Å²) in [7, 11) is 1.67. The molecule has 0 aliphatic carbocycles. The molecular formula is C17H28N2O3. The van der Waals surface area contributed by atoms with Crippen molar-refractivity contribution in [2.75, 3.05) is 13.7 Å². The molecule has 0 radical (unpaired) electrons. The first-order valence-electron chi connectivity index (χ1n) is 7.75. The fourth-order valence-electron chi connectivity index (χ4n) is 2.31. The third kappa shape index (κ3) is 5.64. The molecule has 5 heteroatoms. The van der Waals surface area contributed by atoms with E-state index in [0.717, 1.165) is 25.0 Å². The van der Waals surface area contributed by atoms with Crippen molar-refractivity contribution >= 4 is 12.2 Å². The average molecular weight is 308 g/mol. The van der Waals surface area contributed by atoms with Crippen LogP contribution in [0.4, 0.5) is 0 Å². The fourth-order valence-corrected chi connectivity index (χ4v) is 2.31. The Hall–Kier alpha value is -1.62. The lowest BCUT2D eigenvalue weighted by molar-refractivity contribution is 0.0695. The summed E-state index contributed by atoms with van der Waals surface area (Å²) in [6.07, 6.45) is 8.02. The molecule has 0 atom stereocenters. The number of carboxylic acid groups (broad SMARTS) is 1. The number of carbonyl (C=O) groups is 1. The smallest absolute Gasteiger partial charge is 0.339 e. The highest BCUT2D eigenvalue weighted by Gasteiger charge is 2.17. The quantitative estimate of drug-likeness (QED) is 0.755. The predicted octanol–water partition coefficient (Wildman–Crippen LogP) is 3.70. The number of aromatic nitrogens is 2. The molecule has 1 heterocycles. The summed E-state index contributed by atoms with van der Waals surface area (Å²) >= 11 is 0. The van der Waals surface area contributed by atoms with Gasteiger partial charge in [0.05, 0.1) is 18.5 Å². The van der Waals surface area contributed by atoms with Crippen LogP contribution in [0.2, 0.25) is 0 Å². The van der Waals surface area contributed by atoms with Gasteiger partial charge in [0.15, 0.2) is 0 Å². The Balaban J connectivity index is 2.94. The van der Waals surface area contributed by atoms with Crippen molar-refractivity contribution < 1.29 is 14.6 Å². The van der Waals surface area contributed by atoms with Gasteiger partial charge in [0.25, 0.3) is 0 Å². The van der Waals surface area contributed by atoms with Gasteiger partial charge < -0.3 is 9.84 Å². The van der Waals surface area contributed by atoms with Crippen LogP contribution in [0.5, 0.6) is 0 Å². The van der Waals surface area contributed by atoms with Gasteiger partial charge in [-0.3, -0.25) is 0 Å². The summed E-state index contributed by atoms with van der Waals surface area (Å²) in [5.74, 6) is -0.309. The Labute approximate surface area is 133 Å². The molecule has 1 aromatic rings. The zero-order chi connectivity index (χ0) is 16.8. The number of aromatic carboxylic acids is 1. The molecule has 22 heavy (non-hydrogen) atoms. The highest BCUT2D eigenvalue weighted by Crippen LogP contribution is 2.20. The van der Waals surface area contributed by atoms with E-state index in [9.17, 15) is 9.90 Å². The van der Waals surface area contributed by atoms with Gasteiger partial charge in [0.1, 0.15) is 5.56 Å². The molecule has 0 amide bonds. The van der Waals surface area contributed by atoms with Crippen LogP contribution in [-0.4, -0.2) is 34.6 Å². The molecule has 1 N–H and O–H groups in total. The van der Waals surface area contributed by atoms with Crippen LogP contribution in [0, 0.1) is 11.3 Å². The zero-order valence-corrected chi connectivity index (χ0v) is 14.3. The van der Waals surface area contributed by atoms with Crippen molar-refractivity contribution in [2.45, 2.75) is 47.0 Å². The maximum atomic E-state index is 11.3. The zero-order valence-electron chi connectivity index (χ0n) is 14.3. The van der Waals surface area contributed by atoms with Crippen LogP contribution in [0.15, 0.2) is 12.3 Å². The van der Waals surface area contributed by atoms with Crippen molar-refractivity contribution in [2.24, 2.45) is 11.3 Å². The summed E-state index contributed by atoms with van der Waals surface area (Å²) in [4.78, 5) is 11.3. The molecule has 0 spiro atoms. The molecule has 0 aromatic carbocycles. The van der Waals surface area contributed by atoms with E-state index in [-0.39, 0.29) is 11.0 Å². The number of hydrogen-bond donors (Lipinski definition) is 1. The van der Waals surface area contributed by atoms with Gasteiger partial charge in [-0.15, -0.1) is 0 Å². The molecule has 1 aromatic heterocycles. The van der Waals surface area contributed by atoms with Crippen LogP contribution in [0.1, 0.15) is 56.6 Å². The molecule has 0 aliphatic heterocycles. The van der Waals surface area contributed by atoms with Crippen molar-refractivity contribution in [3.8, 4) is 0 Å². The minimum atomic E-state index is -0.921. The average Bonchev–Trinajstić information content (AvgIpc) is 2.79. The Morgan fingerprint density at radius 3 is 2.73 bits per heavy atom. The van der Waals surface area contributed by atoms with Crippen molar-refractivity contribution in [1.82, 2.24) is 9.78 Å². The normalized spacial score (nSPS) is 12.5. The maximum Gasteiger partial charge on any atom is 0.339 e. The number of methoxy groups -OCH3 is 1. The predicted molar refractivity (Wildman–Crippen MR) is 87.9 cm³/mol. The minimum Gasteiger partial charge on any atom is -0.478 e. The van der Waals surface area contributed by atoms with Crippen LogP contribution in [0.3, 0.4) is 0 Å². The topological polar surface area (TPSA) is 64.4 Å². The first-order valence-corrected chi connectivity index (χ1v) is 7.75. The molecular weight excluding hydrogens is 280 g/mol. The fraction of sp³-hybridized carbons (Fsp3) is 0.647. The highest BCUT2D eigenvalue weighted by atomic mass is 16.5. The molecule has 124 valence electrons. The number of ether oxygens (including phenoxy) is 1. The van der Waals surface area contributed by atoms with E-state index >= 15 is 0 Å². The minimum absolute atomic E-state index is 0.126. The summed E-state index contributed by atoms with van der Waals surface area (Å²) in [6, 6.07) is 0. The Morgan fingerprint density at radius 2 is 2.18 bits per heavy atom. The van der Waals surface area contributed by atoms with E-state index in [4.69, 9.17) is 4.74 Å². The van der Waals surface area contributed by atoms with Gasteiger partial charge in [-0.25, -0.2) is 9.48 Å². The van der Waals surface area contributed by atoms with Gasteiger partial charge in [-0.1, -0.05) is 40.2 Å². The van der Waals surface area contributed by atoms with Crippen LogP contribution in [-0.2, 0) is 11.2 Å². The van der Waals surface area contributed by atoms with E-state index in [1.807, 2.05) is 12.3 Å². The molecule has 1 rings (SSSR count). The van der Waals surface area contributed by atoms with E-state index in [1.54, 1.807) is 11.8 Å². The van der Waals surface area contributed by atoms with E-state index in [1.165, 1.54) is 6.20 Å². The number of hydrogen-bond acceptors (Lipinski definition) is 3.